The molecule has 1 aliphatic carbocycles. The lowest BCUT2D eigenvalue weighted by molar-refractivity contribution is -0.384. The maximum Gasteiger partial charge on any atom is 0.293 e. The molecule has 104 heavy (non-hydrogen) atoms. The van der Waals surface area contributed by atoms with E-state index >= 15 is 0 Å². The van der Waals surface area contributed by atoms with E-state index in [1.54, 1.807) is 40.1 Å². The summed E-state index contributed by atoms with van der Waals surface area (Å²) in [4.78, 5) is 86.2. The van der Waals surface area contributed by atoms with Gasteiger partial charge in [-0.1, -0.05) is 119 Å². The van der Waals surface area contributed by atoms with Crippen molar-refractivity contribution in [3.63, 3.8) is 0 Å². The van der Waals surface area contributed by atoms with Crippen molar-refractivity contribution in [2.45, 2.75) is 152 Å². The number of allylic oxidation sites excluding steroid dienone is 1. The van der Waals surface area contributed by atoms with E-state index in [0.29, 0.717) is 30.2 Å². The second-order valence-electron chi connectivity index (χ2n) is 30.3. The molecule has 6 atom stereocenters. The van der Waals surface area contributed by atoms with E-state index in [1.807, 2.05) is 143 Å². The van der Waals surface area contributed by atoms with Crippen molar-refractivity contribution in [3.8, 4) is 10.4 Å². The first-order chi connectivity index (χ1) is 49.7. The van der Waals surface area contributed by atoms with Gasteiger partial charge < -0.3 is 40.7 Å². The van der Waals surface area contributed by atoms with E-state index in [-0.39, 0.29) is 59.4 Å². The molecular weight excluding hydrogens is 1390 g/mol. The standard InChI is InChI=1S/C79H105ClN12O9S3/c1-55(57-20-22-59(23-21-57)73-56(2)82-54-103-73)83-76(96)71-47-65(93)51-91(71)77(97)74(78(3,4)5)81-37-16-11-9-10-15-19-72(94)90-45-41-88(42-46-90)53-79(6)36-34-68(58-24-28-62(80)29-25-58)61(49-79)50-87-39-43-89(44-40-87)64-30-26-60(27-31-64)75(95)85-104(100,101)67-32-33-69(70(48-67)92(98)99)84-63(35-38-86(7)8)52-102-66-17-13-12-14-18-66/h12-14,17-18,20-33,48,54-55,63,65,71,74,81,84,93H,9-11,15-16,19,34-47,49-53H2,1-8H3,(H,83,96)(H,85,95)/t55-,63+,65+,71-,74+,79?/m0/s1. The Balaban J connectivity index is 0.642. The van der Waals surface area contributed by atoms with Gasteiger partial charge in [0, 0.05) is 124 Å². The number of anilines is 2. The highest BCUT2D eigenvalue weighted by atomic mass is 35.5. The number of hydrogen-bond donors (Lipinski definition) is 5. The molecule has 0 spiro atoms. The number of hydrogen-bond acceptors (Lipinski definition) is 18. The van der Waals surface area contributed by atoms with Crippen LogP contribution in [0.2, 0.25) is 5.02 Å². The maximum atomic E-state index is 14.3. The zero-order valence-electron chi connectivity index (χ0n) is 61.6. The number of unbranched alkanes of at least 4 members (excludes halogenated alkanes) is 4. The number of aliphatic hydroxyl groups is 1. The molecule has 3 aliphatic heterocycles. The molecule has 10 rings (SSSR count). The highest BCUT2D eigenvalue weighted by Crippen LogP contribution is 2.44. The highest BCUT2D eigenvalue weighted by molar-refractivity contribution is 7.99. The molecule has 5 aromatic carbocycles. The fourth-order valence-electron chi connectivity index (χ4n) is 14.8. The number of carbonyl (C=O) groups is 4. The Labute approximate surface area is 628 Å². The third-order valence-corrected chi connectivity index (χ3v) is 24.4. The van der Waals surface area contributed by atoms with Crippen molar-refractivity contribution in [2.24, 2.45) is 10.8 Å². The highest BCUT2D eigenvalue weighted by Gasteiger charge is 2.44. The first-order valence-electron chi connectivity index (χ1n) is 36.7. The van der Waals surface area contributed by atoms with Crippen LogP contribution in [0, 0.1) is 27.9 Å². The number of likely N-dealkylation sites (tertiary alicyclic amines) is 1. The summed E-state index contributed by atoms with van der Waals surface area (Å²) in [6.45, 7) is 21.9. The molecule has 4 amide bonds. The summed E-state index contributed by atoms with van der Waals surface area (Å²) in [5.74, 6) is -0.454. The summed E-state index contributed by atoms with van der Waals surface area (Å²) in [5, 5.41) is 33.8. The van der Waals surface area contributed by atoms with Gasteiger partial charge in [0.2, 0.25) is 17.7 Å². The Bertz CT molecular complexity index is 4030. The predicted molar refractivity (Wildman–Crippen MR) is 418 cm³/mol. The molecule has 4 aliphatic rings. The van der Waals surface area contributed by atoms with Gasteiger partial charge in [0.15, 0.2) is 0 Å². The summed E-state index contributed by atoms with van der Waals surface area (Å²) >= 11 is 9.63. The molecule has 0 radical (unpaired) electrons. The number of thiazole rings is 1. The number of nitrogens with zero attached hydrogens (tertiary/aromatic N) is 8. The minimum atomic E-state index is -4.49. The maximum absolute atomic E-state index is 14.3. The number of nitro groups is 1. The van der Waals surface area contributed by atoms with E-state index in [9.17, 15) is 42.8 Å². The topological polar surface area (TPSA) is 246 Å². The van der Waals surface area contributed by atoms with Crippen molar-refractivity contribution >= 4 is 91.0 Å². The van der Waals surface area contributed by atoms with Crippen LogP contribution in [0.3, 0.4) is 0 Å². The molecule has 1 unspecified atom stereocenters. The molecule has 4 heterocycles. The lowest BCUT2D eigenvalue weighted by Gasteiger charge is -2.44. The van der Waals surface area contributed by atoms with Crippen molar-refractivity contribution < 1.29 is 37.6 Å². The molecule has 0 bridgehead atoms. The van der Waals surface area contributed by atoms with Gasteiger partial charge in [-0.05, 0) is 173 Å². The first-order valence-corrected chi connectivity index (χ1v) is 40.4. The molecule has 25 heteroatoms. The van der Waals surface area contributed by atoms with Crippen LogP contribution in [0.4, 0.5) is 17.1 Å². The second-order valence-corrected chi connectivity index (χ2v) is 34.3. The zero-order chi connectivity index (χ0) is 74.3. The number of halogens is 1. The normalized spacial score (nSPS) is 19.4. The van der Waals surface area contributed by atoms with Gasteiger partial charge in [-0.3, -0.25) is 39.1 Å². The molecule has 560 valence electrons. The number of thioether (sulfide) groups is 1. The number of nitro benzene ring substituents is 1. The monoisotopic (exact) mass is 1500 g/mol. The fraction of sp³-hybridized carbons (Fsp3) is 0.506. The number of β-amino-alcohol motifs (C(OH)–C–C–N with tert-alkyl or cyclic N) is 1. The van der Waals surface area contributed by atoms with Crippen molar-refractivity contribution in [3.05, 3.63) is 170 Å². The number of rotatable bonds is 32. The Morgan fingerprint density at radius 3 is 2.19 bits per heavy atom. The minimum absolute atomic E-state index is 0.0399. The number of carbonyl (C=O) groups excluding carboxylic acids is 4. The van der Waals surface area contributed by atoms with Gasteiger partial charge in [-0.2, -0.15) is 0 Å². The van der Waals surface area contributed by atoms with Crippen LogP contribution < -0.4 is 25.6 Å². The van der Waals surface area contributed by atoms with E-state index in [4.69, 9.17) is 11.6 Å². The Morgan fingerprint density at radius 1 is 0.856 bits per heavy atom. The van der Waals surface area contributed by atoms with Gasteiger partial charge >= 0.3 is 0 Å². The van der Waals surface area contributed by atoms with Gasteiger partial charge in [0.05, 0.1) is 44.1 Å². The molecule has 3 saturated heterocycles. The summed E-state index contributed by atoms with van der Waals surface area (Å²) in [7, 11) is -0.574. The number of sulfonamides is 1. The Morgan fingerprint density at radius 2 is 1.53 bits per heavy atom. The number of aromatic nitrogens is 1. The van der Waals surface area contributed by atoms with E-state index < -0.39 is 55.0 Å². The molecule has 0 saturated carbocycles. The average Bonchev–Trinajstić information content (AvgIpc) is 1.63. The molecular formula is C79H105ClN12O9S3. The van der Waals surface area contributed by atoms with Crippen LogP contribution in [-0.4, -0.2) is 201 Å². The van der Waals surface area contributed by atoms with Crippen molar-refractivity contribution in [2.75, 3.05) is 115 Å². The number of nitrogens with one attached hydrogen (secondary N) is 4. The van der Waals surface area contributed by atoms with Gasteiger partial charge in [-0.15, -0.1) is 23.1 Å². The molecule has 5 N–H and O–H groups in total. The number of aliphatic hydroxyl groups excluding tert-OH is 1. The largest absolute Gasteiger partial charge is 0.391 e. The van der Waals surface area contributed by atoms with Crippen molar-refractivity contribution in [1.29, 1.82) is 0 Å². The molecule has 1 aromatic heterocycles. The van der Waals surface area contributed by atoms with Crippen LogP contribution in [0.15, 0.2) is 142 Å². The average molecular weight is 1500 g/mol. The third kappa shape index (κ3) is 21.7. The molecule has 21 nitrogen and oxygen atoms in total. The number of benzene rings is 5. The lowest BCUT2D eigenvalue weighted by Crippen LogP contribution is -2.56. The van der Waals surface area contributed by atoms with Crippen LogP contribution in [0.5, 0.6) is 0 Å². The summed E-state index contributed by atoms with van der Waals surface area (Å²) < 4.78 is 29.5. The number of amides is 4. The van der Waals surface area contributed by atoms with Crippen LogP contribution >= 0.6 is 34.7 Å². The van der Waals surface area contributed by atoms with E-state index in [0.717, 1.165) is 162 Å². The molecule has 3 fully saturated rings. The second kappa shape index (κ2) is 36.4. The first kappa shape index (κ1) is 79.3. The summed E-state index contributed by atoms with van der Waals surface area (Å²) in [6, 6.07) is 34.9. The van der Waals surface area contributed by atoms with Gasteiger partial charge in [0.1, 0.15) is 11.7 Å². The Hall–Kier alpha value is -7.26. The fourth-order valence-corrected chi connectivity index (χ4v) is 17.7. The quantitative estimate of drug-likeness (QED) is 0.0114. The number of aryl methyl sites for hydroxylation is 1. The number of piperazine rings is 2. The van der Waals surface area contributed by atoms with Crippen LogP contribution in [-0.2, 0) is 24.4 Å². The summed E-state index contributed by atoms with van der Waals surface area (Å²) in [5.41, 5.74) is 9.30. The zero-order valence-corrected chi connectivity index (χ0v) is 64.8. The van der Waals surface area contributed by atoms with Crippen LogP contribution in [0.1, 0.15) is 138 Å². The van der Waals surface area contributed by atoms with E-state index in [1.165, 1.54) is 28.8 Å². The molecule has 6 aromatic rings. The minimum Gasteiger partial charge on any atom is -0.391 e. The lowest BCUT2D eigenvalue weighted by atomic mass is 9.71. The van der Waals surface area contributed by atoms with E-state index in [2.05, 4.69) is 59.4 Å². The van der Waals surface area contributed by atoms with Crippen molar-refractivity contribution in [1.82, 2.24) is 44.8 Å². The third-order valence-electron chi connectivity index (χ3n) is 20.7. The smallest absolute Gasteiger partial charge is 0.293 e. The SMILES string of the molecule is Cc1ncsc1-c1ccc([C@H](C)NC(=O)[C@@H]2C[C@@H](O)CN2C(=O)[C@@H](NCCCCCCCC(=O)N2CCN(CC3(C)CCC(c4ccc(Cl)cc4)=C(CN4CCN(c5ccc(C(=O)NS(=O)(=O)c6ccc(N[C@H](CCN(C)C)CSc7ccccc7)c([N+](=O)[O-])c6)cc5)CC4)C3)CC2)C(C)(C)C)cc1. The Kier molecular flexibility index (Phi) is 27.7. The summed E-state index contributed by atoms with van der Waals surface area (Å²) in [6.07, 6.45) is 8.16. The van der Waals surface area contributed by atoms with Crippen LogP contribution in [0.25, 0.3) is 16.0 Å². The van der Waals surface area contributed by atoms with Gasteiger partial charge in [0.25, 0.3) is 21.6 Å². The van der Waals surface area contributed by atoms with Gasteiger partial charge in [-0.25, -0.2) is 18.1 Å². The predicted octanol–water partition coefficient (Wildman–Crippen LogP) is 12.4.